The first-order valence-electron chi connectivity index (χ1n) is 7.28. The van der Waals surface area contributed by atoms with E-state index in [2.05, 4.69) is 10.6 Å². The van der Waals surface area contributed by atoms with E-state index < -0.39 is 18.0 Å². The molecule has 2 rings (SSSR count). The summed E-state index contributed by atoms with van der Waals surface area (Å²) in [5, 5.41) is 4.95. The maximum Gasteiger partial charge on any atom is 0.312 e. The van der Waals surface area contributed by atoms with Crippen molar-refractivity contribution >= 4 is 17.6 Å². The van der Waals surface area contributed by atoms with E-state index in [1.807, 2.05) is 0 Å². The summed E-state index contributed by atoms with van der Waals surface area (Å²) in [4.78, 5) is 22.7. The van der Waals surface area contributed by atoms with E-state index in [-0.39, 0.29) is 12.4 Å². The highest BCUT2D eigenvalue weighted by Crippen LogP contribution is 2.19. The van der Waals surface area contributed by atoms with Crippen LogP contribution in [0.3, 0.4) is 0 Å². The zero-order chi connectivity index (χ0) is 17.5. The number of nitrogens with one attached hydrogen (secondary N) is 2. The number of nitrogens with two attached hydrogens (primary N) is 1. The second kappa shape index (κ2) is 7.96. The number of primary amides is 1. The number of anilines is 1. The van der Waals surface area contributed by atoms with Crippen LogP contribution in [0.15, 0.2) is 48.5 Å². The lowest BCUT2D eigenvalue weighted by molar-refractivity contribution is -0.117. The number of halogens is 1. The van der Waals surface area contributed by atoms with Crippen molar-refractivity contribution in [1.29, 1.82) is 0 Å². The highest BCUT2D eigenvalue weighted by atomic mass is 19.1. The molecule has 7 heteroatoms. The van der Waals surface area contributed by atoms with Crippen molar-refractivity contribution in [2.45, 2.75) is 19.6 Å². The zero-order valence-electron chi connectivity index (χ0n) is 13.1. The molecule has 0 unspecified atom stereocenters. The van der Waals surface area contributed by atoms with Gasteiger partial charge in [0.25, 0.3) is 0 Å². The Morgan fingerprint density at radius 3 is 2.58 bits per heavy atom. The quantitative estimate of drug-likeness (QED) is 0.759. The Bertz CT molecular complexity index is 719. The molecule has 0 heterocycles. The molecule has 4 N–H and O–H groups in total. The summed E-state index contributed by atoms with van der Waals surface area (Å²) >= 11 is 0. The fourth-order valence-corrected chi connectivity index (χ4v) is 1.94. The second-order valence-corrected chi connectivity index (χ2v) is 5.16. The molecule has 0 radical (unpaired) electrons. The minimum absolute atomic E-state index is 0.275. The molecule has 0 saturated heterocycles. The highest BCUT2D eigenvalue weighted by Gasteiger charge is 2.14. The minimum atomic E-state index is -0.769. The van der Waals surface area contributed by atoms with Gasteiger partial charge in [0.2, 0.25) is 5.91 Å². The fourth-order valence-electron chi connectivity index (χ4n) is 1.94. The van der Waals surface area contributed by atoms with Gasteiger partial charge in [-0.2, -0.15) is 0 Å². The lowest BCUT2D eigenvalue weighted by Crippen LogP contribution is -2.44. The van der Waals surface area contributed by atoms with E-state index in [0.29, 0.717) is 11.4 Å². The monoisotopic (exact) mass is 331 g/mol. The molecule has 6 nitrogen and oxygen atoms in total. The van der Waals surface area contributed by atoms with Crippen LogP contribution in [-0.2, 0) is 11.4 Å². The summed E-state index contributed by atoms with van der Waals surface area (Å²) in [6.45, 7) is 1.80. The van der Waals surface area contributed by atoms with Gasteiger partial charge in [-0.3, -0.25) is 4.79 Å². The molecule has 0 fully saturated rings. The predicted octanol–water partition coefficient (Wildman–Crippen LogP) is 2.40. The number of rotatable bonds is 6. The van der Waals surface area contributed by atoms with E-state index in [4.69, 9.17) is 10.5 Å². The molecular formula is C17H18FN3O3. The first-order valence-corrected chi connectivity index (χ1v) is 7.28. The largest absolute Gasteiger partial charge is 0.489 e. The Kier molecular flexibility index (Phi) is 5.73. The van der Waals surface area contributed by atoms with Crippen LogP contribution in [0.25, 0.3) is 0 Å². The van der Waals surface area contributed by atoms with E-state index >= 15 is 0 Å². The summed E-state index contributed by atoms with van der Waals surface area (Å²) in [5.74, 6) is -0.153. The topological polar surface area (TPSA) is 93.5 Å². The molecule has 0 spiro atoms. The lowest BCUT2D eigenvalue weighted by atomic mass is 10.2. The van der Waals surface area contributed by atoms with Crippen LogP contribution >= 0.6 is 0 Å². The molecule has 0 aliphatic rings. The first kappa shape index (κ1) is 17.3. The average Bonchev–Trinajstić information content (AvgIpc) is 2.54. The van der Waals surface area contributed by atoms with Crippen LogP contribution in [0.4, 0.5) is 14.9 Å². The van der Waals surface area contributed by atoms with Crippen LogP contribution in [0, 0.1) is 5.82 Å². The zero-order valence-corrected chi connectivity index (χ0v) is 13.1. The molecule has 2 aromatic carbocycles. The molecule has 1 atom stereocenters. The van der Waals surface area contributed by atoms with Crippen molar-refractivity contribution in [2.24, 2.45) is 5.73 Å². The third-order valence-corrected chi connectivity index (χ3v) is 3.17. The first-order chi connectivity index (χ1) is 11.4. The van der Waals surface area contributed by atoms with Gasteiger partial charge in [0.15, 0.2) is 0 Å². The van der Waals surface area contributed by atoms with Crippen molar-refractivity contribution in [1.82, 2.24) is 5.32 Å². The third-order valence-electron chi connectivity index (χ3n) is 3.17. The van der Waals surface area contributed by atoms with Gasteiger partial charge in [0.05, 0.1) is 0 Å². The molecular weight excluding hydrogens is 313 g/mol. The standard InChI is InChI=1S/C17H18FN3O3/c1-11(20-17(19)23)16(22)21-14-3-2-4-15(9-14)24-10-12-5-7-13(18)8-6-12/h2-9,11H,10H2,1H3,(H,21,22)(H3,19,20,23)/t11-/m0/s1. The number of hydrogen-bond donors (Lipinski definition) is 3. The summed E-state index contributed by atoms with van der Waals surface area (Å²) < 4.78 is 18.5. The molecule has 0 saturated carbocycles. The van der Waals surface area contributed by atoms with Crippen LogP contribution in [0.2, 0.25) is 0 Å². The van der Waals surface area contributed by atoms with E-state index in [9.17, 15) is 14.0 Å². The Hall–Kier alpha value is -3.09. The highest BCUT2D eigenvalue weighted by molar-refractivity contribution is 5.96. The van der Waals surface area contributed by atoms with Crippen molar-refractivity contribution in [3.8, 4) is 5.75 Å². The molecule has 24 heavy (non-hydrogen) atoms. The number of benzene rings is 2. The molecule has 0 aromatic heterocycles. The van der Waals surface area contributed by atoms with Gasteiger partial charge in [-0.1, -0.05) is 18.2 Å². The number of carbonyl (C=O) groups is 2. The fraction of sp³-hybridized carbons (Fsp3) is 0.176. The summed E-state index contributed by atoms with van der Waals surface area (Å²) in [6, 6.07) is 11.3. The summed E-state index contributed by atoms with van der Waals surface area (Å²) in [5.41, 5.74) is 6.33. The van der Waals surface area contributed by atoms with Crippen molar-refractivity contribution in [3.63, 3.8) is 0 Å². The van der Waals surface area contributed by atoms with Gasteiger partial charge in [-0.25, -0.2) is 9.18 Å². The molecule has 2 aromatic rings. The van der Waals surface area contributed by atoms with Gasteiger partial charge < -0.3 is 21.1 Å². The predicted molar refractivity (Wildman–Crippen MR) is 88.0 cm³/mol. The SMILES string of the molecule is C[C@H](NC(N)=O)C(=O)Nc1cccc(OCc2ccc(F)cc2)c1. The maximum absolute atomic E-state index is 12.9. The molecule has 3 amide bonds. The van der Waals surface area contributed by atoms with Crippen LogP contribution in [0.5, 0.6) is 5.75 Å². The number of urea groups is 1. The van der Waals surface area contributed by atoms with Gasteiger partial charge in [0.1, 0.15) is 24.2 Å². The van der Waals surface area contributed by atoms with E-state index in [1.54, 1.807) is 36.4 Å². The number of carbonyl (C=O) groups excluding carboxylic acids is 2. The Balaban J connectivity index is 1.94. The van der Waals surface area contributed by atoms with Crippen molar-refractivity contribution in [2.75, 3.05) is 5.32 Å². The average molecular weight is 331 g/mol. The number of amides is 3. The van der Waals surface area contributed by atoms with Gasteiger partial charge >= 0.3 is 6.03 Å². The summed E-state index contributed by atoms with van der Waals surface area (Å²) in [7, 11) is 0. The molecule has 0 aliphatic carbocycles. The Morgan fingerprint density at radius 1 is 1.21 bits per heavy atom. The smallest absolute Gasteiger partial charge is 0.312 e. The van der Waals surface area contributed by atoms with Crippen LogP contribution in [0.1, 0.15) is 12.5 Å². The normalized spacial score (nSPS) is 11.4. The maximum atomic E-state index is 12.9. The number of ether oxygens (including phenoxy) is 1. The van der Waals surface area contributed by atoms with Gasteiger partial charge in [-0.05, 0) is 36.8 Å². The molecule has 126 valence electrons. The van der Waals surface area contributed by atoms with Crippen molar-refractivity contribution in [3.05, 3.63) is 59.9 Å². The number of hydrogen-bond acceptors (Lipinski definition) is 3. The summed E-state index contributed by atoms with van der Waals surface area (Å²) in [6.07, 6.45) is 0. The van der Waals surface area contributed by atoms with E-state index in [0.717, 1.165) is 5.56 Å². The van der Waals surface area contributed by atoms with Crippen LogP contribution in [-0.4, -0.2) is 18.0 Å². The third kappa shape index (κ3) is 5.28. The molecule has 0 aliphatic heterocycles. The Morgan fingerprint density at radius 2 is 1.92 bits per heavy atom. The van der Waals surface area contributed by atoms with Gasteiger partial charge in [-0.15, -0.1) is 0 Å². The van der Waals surface area contributed by atoms with Crippen molar-refractivity contribution < 1.29 is 18.7 Å². The van der Waals surface area contributed by atoms with Gasteiger partial charge in [0, 0.05) is 11.8 Å². The second-order valence-electron chi connectivity index (χ2n) is 5.16. The lowest BCUT2D eigenvalue weighted by Gasteiger charge is -2.13. The Labute approximate surface area is 138 Å². The van der Waals surface area contributed by atoms with Crippen LogP contribution < -0.4 is 21.1 Å². The minimum Gasteiger partial charge on any atom is -0.489 e. The van der Waals surface area contributed by atoms with E-state index in [1.165, 1.54) is 19.1 Å². The molecule has 0 bridgehead atoms.